The molecule has 2 aromatic rings. The van der Waals surface area contributed by atoms with Gasteiger partial charge in [-0.1, -0.05) is 18.2 Å². The summed E-state index contributed by atoms with van der Waals surface area (Å²) in [5.74, 6) is -0.407. The largest absolute Gasteiger partial charge is 0.512 e. The maximum absolute atomic E-state index is 12.4. The van der Waals surface area contributed by atoms with Gasteiger partial charge in [0.2, 0.25) is 10.0 Å². The number of alkyl halides is 3. The summed E-state index contributed by atoms with van der Waals surface area (Å²) in [6.45, 7) is 1.00. The van der Waals surface area contributed by atoms with Crippen LogP contribution in [0.4, 0.5) is 13.2 Å². The molecule has 148 valence electrons. The third kappa shape index (κ3) is 5.09. The smallest absolute Gasteiger partial charge is 0.491 e. The average Bonchev–Trinajstić information content (AvgIpc) is 3.34. The monoisotopic (exact) mass is 425 g/mol. The number of halogens is 3. The Morgan fingerprint density at radius 3 is 2.37 bits per heavy atom. The zero-order chi connectivity index (χ0) is 19.9. The summed E-state index contributed by atoms with van der Waals surface area (Å²) in [5, 5.41) is 1.35. The molecule has 2 aromatic carbocycles. The molecule has 1 fully saturated rings. The van der Waals surface area contributed by atoms with Crippen molar-refractivity contribution in [3.05, 3.63) is 42.0 Å². The molecule has 3 rings (SSSR count). The normalized spacial score (nSPS) is 17.8. The molecule has 0 radical (unpaired) electrons. The minimum atomic E-state index is -6.00. The fourth-order valence-electron chi connectivity index (χ4n) is 2.27. The highest BCUT2D eigenvalue weighted by molar-refractivity contribution is 8.04. The van der Waals surface area contributed by atoms with Crippen LogP contribution in [0.5, 0.6) is 5.75 Å². The van der Waals surface area contributed by atoms with E-state index in [1.807, 2.05) is 0 Å². The Labute approximate surface area is 153 Å². The molecule has 1 aliphatic heterocycles. The summed E-state index contributed by atoms with van der Waals surface area (Å²) >= 11 is 0. The fraction of sp³-hybridized carbons (Fsp3) is 0.333. The van der Waals surface area contributed by atoms with Crippen LogP contribution < -0.4 is 8.86 Å². The van der Waals surface area contributed by atoms with E-state index in [9.17, 15) is 30.0 Å². The first kappa shape index (κ1) is 19.9. The summed E-state index contributed by atoms with van der Waals surface area (Å²) in [4.78, 5) is 0. The van der Waals surface area contributed by atoms with Crippen LogP contribution in [0.25, 0.3) is 10.8 Å². The topological polar surface area (TPSA) is 102 Å². The lowest BCUT2D eigenvalue weighted by molar-refractivity contribution is -0.0441. The Balaban J connectivity index is 1.79. The maximum atomic E-state index is 12.4. The van der Waals surface area contributed by atoms with E-state index in [0.717, 1.165) is 5.39 Å². The van der Waals surface area contributed by atoms with Crippen molar-refractivity contribution < 1.29 is 39.5 Å². The number of ether oxygens (including phenoxy) is 2. The van der Waals surface area contributed by atoms with Gasteiger partial charge in [-0.15, -0.1) is 4.13 Å². The summed E-state index contributed by atoms with van der Waals surface area (Å²) in [5.41, 5.74) is -5.60. The summed E-state index contributed by atoms with van der Waals surface area (Å²) in [6.07, 6.45) is 0.0545. The Morgan fingerprint density at radius 2 is 1.74 bits per heavy atom. The molecule has 0 saturated carbocycles. The van der Waals surface area contributed by atoms with E-state index in [0.29, 0.717) is 28.5 Å². The van der Waals surface area contributed by atoms with Gasteiger partial charge in [0.15, 0.2) is 0 Å². The number of benzene rings is 2. The van der Waals surface area contributed by atoms with Crippen molar-refractivity contribution in [2.24, 2.45) is 0 Å². The van der Waals surface area contributed by atoms with Crippen molar-refractivity contribution in [2.45, 2.75) is 17.4 Å². The van der Waals surface area contributed by atoms with Gasteiger partial charge in [0.05, 0.1) is 12.4 Å². The fourth-order valence-corrected chi connectivity index (χ4v) is 4.84. The first-order valence-electron chi connectivity index (χ1n) is 7.55. The SMILES string of the molecule is O=S(=O)(Cc1ccc2ccc(OCC3CO3)cc2c1)NS(=O)(=O)C(F)(F)F. The molecule has 12 heteroatoms. The molecule has 1 aliphatic rings. The molecule has 0 bridgehead atoms. The van der Waals surface area contributed by atoms with Gasteiger partial charge in [0.1, 0.15) is 18.5 Å². The van der Waals surface area contributed by atoms with Crippen LogP contribution >= 0.6 is 0 Å². The highest BCUT2D eigenvalue weighted by Gasteiger charge is 2.48. The van der Waals surface area contributed by atoms with Crippen LogP contribution in [-0.2, 0) is 30.5 Å². The van der Waals surface area contributed by atoms with E-state index in [1.54, 1.807) is 24.3 Å². The summed E-state index contributed by atoms with van der Waals surface area (Å²) < 4.78 is 94.0. The Kier molecular flexibility index (Phi) is 5.10. The van der Waals surface area contributed by atoms with Crippen molar-refractivity contribution in [2.75, 3.05) is 13.2 Å². The minimum Gasteiger partial charge on any atom is -0.491 e. The second-order valence-electron chi connectivity index (χ2n) is 5.90. The number of nitrogens with one attached hydrogen (secondary N) is 1. The molecule has 1 atom stereocenters. The first-order valence-corrected chi connectivity index (χ1v) is 10.7. The van der Waals surface area contributed by atoms with Gasteiger partial charge in [-0.05, 0) is 34.5 Å². The molecule has 0 spiro atoms. The van der Waals surface area contributed by atoms with Gasteiger partial charge < -0.3 is 9.47 Å². The molecule has 0 aromatic heterocycles. The van der Waals surface area contributed by atoms with Gasteiger partial charge in [0, 0.05) is 0 Å². The van der Waals surface area contributed by atoms with Crippen LogP contribution in [0.1, 0.15) is 5.56 Å². The lowest BCUT2D eigenvalue weighted by Crippen LogP contribution is -2.40. The molecule has 1 N–H and O–H groups in total. The summed E-state index contributed by atoms with van der Waals surface area (Å²) in [6, 6.07) is 9.51. The lowest BCUT2D eigenvalue weighted by Gasteiger charge is -2.11. The van der Waals surface area contributed by atoms with Crippen LogP contribution in [0.2, 0.25) is 0 Å². The van der Waals surface area contributed by atoms with E-state index in [2.05, 4.69) is 0 Å². The van der Waals surface area contributed by atoms with E-state index < -0.39 is 31.3 Å². The molecule has 7 nitrogen and oxygen atoms in total. The molecule has 1 unspecified atom stereocenters. The van der Waals surface area contributed by atoms with Crippen molar-refractivity contribution in [3.8, 4) is 5.75 Å². The summed E-state index contributed by atoms with van der Waals surface area (Å²) in [7, 11) is -10.8. The minimum absolute atomic E-state index is 0.0545. The third-order valence-corrected chi connectivity index (χ3v) is 6.83. The quantitative estimate of drug-likeness (QED) is 0.680. The second-order valence-corrected chi connectivity index (χ2v) is 9.56. The molecular weight excluding hydrogens is 411 g/mol. The van der Waals surface area contributed by atoms with Crippen molar-refractivity contribution >= 4 is 30.8 Å². The number of hydrogen-bond acceptors (Lipinski definition) is 6. The Morgan fingerprint density at radius 1 is 1.07 bits per heavy atom. The molecule has 0 aliphatic carbocycles. The van der Waals surface area contributed by atoms with E-state index in [-0.39, 0.29) is 11.7 Å². The van der Waals surface area contributed by atoms with Crippen LogP contribution in [0.15, 0.2) is 36.4 Å². The number of epoxide rings is 1. The molecule has 1 saturated heterocycles. The number of rotatable bonds is 7. The Hall–Kier alpha value is -1.89. The predicted molar refractivity (Wildman–Crippen MR) is 89.9 cm³/mol. The zero-order valence-electron chi connectivity index (χ0n) is 13.6. The second kappa shape index (κ2) is 6.93. The highest BCUT2D eigenvalue weighted by Crippen LogP contribution is 2.25. The van der Waals surface area contributed by atoms with Gasteiger partial charge in [-0.2, -0.15) is 13.2 Å². The molecular formula is C15H14F3NO6S2. The average molecular weight is 425 g/mol. The van der Waals surface area contributed by atoms with E-state index in [4.69, 9.17) is 9.47 Å². The first-order chi connectivity index (χ1) is 12.5. The predicted octanol–water partition coefficient (Wildman–Crippen LogP) is 1.89. The van der Waals surface area contributed by atoms with E-state index >= 15 is 0 Å². The molecule has 1 heterocycles. The highest BCUT2D eigenvalue weighted by atomic mass is 32.3. The van der Waals surface area contributed by atoms with Crippen molar-refractivity contribution in [3.63, 3.8) is 0 Å². The van der Waals surface area contributed by atoms with Crippen LogP contribution in [0, 0.1) is 0 Å². The molecule has 0 amide bonds. The van der Waals surface area contributed by atoms with Gasteiger partial charge in [-0.3, -0.25) is 0 Å². The van der Waals surface area contributed by atoms with Crippen molar-refractivity contribution in [1.29, 1.82) is 0 Å². The van der Waals surface area contributed by atoms with Gasteiger partial charge in [-0.25, -0.2) is 16.8 Å². The zero-order valence-corrected chi connectivity index (χ0v) is 15.2. The van der Waals surface area contributed by atoms with Crippen LogP contribution in [0.3, 0.4) is 0 Å². The lowest BCUT2D eigenvalue weighted by atomic mass is 10.1. The maximum Gasteiger partial charge on any atom is 0.512 e. The number of sulfonamides is 2. The van der Waals surface area contributed by atoms with Crippen LogP contribution in [-0.4, -0.2) is 41.7 Å². The standard InChI is InChI=1S/C15H14F3NO6S2/c16-15(17,18)27(22,23)19-26(20,21)9-10-1-2-11-3-4-13(6-12(11)5-10)24-7-14-8-25-14/h1-6,14,19H,7-9H2. The molecule has 27 heavy (non-hydrogen) atoms. The van der Waals surface area contributed by atoms with Gasteiger partial charge in [0.25, 0.3) is 0 Å². The number of fused-ring (bicyclic) bond motifs is 1. The Bertz CT molecular complexity index is 1060. The van der Waals surface area contributed by atoms with Gasteiger partial charge >= 0.3 is 15.5 Å². The third-order valence-electron chi connectivity index (χ3n) is 3.61. The number of hydrogen-bond donors (Lipinski definition) is 1. The van der Waals surface area contributed by atoms with Crippen molar-refractivity contribution in [1.82, 2.24) is 4.13 Å². The van der Waals surface area contributed by atoms with E-state index in [1.165, 1.54) is 12.1 Å².